The van der Waals surface area contributed by atoms with Gasteiger partial charge < -0.3 is 21.1 Å². The van der Waals surface area contributed by atoms with Gasteiger partial charge in [0.25, 0.3) is 5.91 Å². The highest BCUT2D eigenvalue weighted by Gasteiger charge is 2.16. The zero-order valence-electron chi connectivity index (χ0n) is 16.9. The van der Waals surface area contributed by atoms with E-state index in [9.17, 15) is 14.4 Å². The van der Waals surface area contributed by atoms with Crippen molar-refractivity contribution in [1.29, 1.82) is 0 Å². The molecule has 0 aliphatic heterocycles. The molecule has 0 spiro atoms. The van der Waals surface area contributed by atoms with E-state index in [1.807, 2.05) is 24.3 Å². The summed E-state index contributed by atoms with van der Waals surface area (Å²) in [5, 5.41) is 5.22. The van der Waals surface area contributed by atoms with Crippen LogP contribution in [0.15, 0.2) is 48.5 Å². The Morgan fingerprint density at radius 1 is 1.03 bits per heavy atom. The minimum absolute atomic E-state index is 0.146. The number of nitrogens with two attached hydrogens (primary N) is 1. The number of carbonyl (C=O) groups is 3. The van der Waals surface area contributed by atoms with Gasteiger partial charge in [0, 0.05) is 17.7 Å². The third-order valence-electron chi connectivity index (χ3n) is 4.98. The van der Waals surface area contributed by atoms with Crippen molar-refractivity contribution in [2.24, 2.45) is 5.73 Å². The number of rotatable bonds is 9. The maximum absolute atomic E-state index is 12.3. The van der Waals surface area contributed by atoms with Gasteiger partial charge in [0.15, 0.2) is 0 Å². The molecular formula is C23H27N3O4. The predicted octanol–water partition coefficient (Wildman–Crippen LogP) is 2.79. The molecule has 7 heteroatoms. The van der Waals surface area contributed by atoms with E-state index in [1.165, 1.54) is 12.8 Å². The molecule has 0 aromatic heterocycles. The summed E-state index contributed by atoms with van der Waals surface area (Å²) in [4.78, 5) is 35.1. The molecule has 0 atom stereocenters. The predicted molar refractivity (Wildman–Crippen MR) is 114 cm³/mol. The summed E-state index contributed by atoms with van der Waals surface area (Å²) in [6.07, 6.45) is 5.85. The smallest absolute Gasteiger partial charge is 0.251 e. The first kappa shape index (κ1) is 21.4. The summed E-state index contributed by atoms with van der Waals surface area (Å²) in [6, 6.07) is 14.4. The fourth-order valence-corrected chi connectivity index (χ4v) is 3.46. The van der Waals surface area contributed by atoms with Gasteiger partial charge in [0.1, 0.15) is 5.75 Å². The lowest BCUT2D eigenvalue weighted by Crippen LogP contribution is -2.33. The van der Waals surface area contributed by atoms with Crippen LogP contribution in [-0.4, -0.2) is 30.4 Å². The van der Waals surface area contributed by atoms with Gasteiger partial charge in [-0.15, -0.1) is 0 Å². The molecule has 0 bridgehead atoms. The molecule has 4 N–H and O–H groups in total. The van der Waals surface area contributed by atoms with Crippen LogP contribution in [0.5, 0.6) is 5.75 Å². The standard InChI is InChI=1S/C23H27N3O4/c24-21(27)15-25-23(29)17-6-4-7-18(14-17)26-22(28)12-11-16-5-3-10-20(13-16)30-19-8-1-2-9-19/h3-7,10,13-14,19H,1-2,8-9,11-12,15H2,(H2,24,27)(H,25,29)(H,26,28). The van der Waals surface area contributed by atoms with Gasteiger partial charge in [-0.25, -0.2) is 0 Å². The van der Waals surface area contributed by atoms with Crippen LogP contribution >= 0.6 is 0 Å². The number of primary amides is 1. The highest BCUT2D eigenvalue weighted by Crippen LogP contribution is 2.25. The SMILES string of the molecule is NC(=O)CNC(=O)c1cccc(NC(=O)CCc2cccc(OC3CCCC3)c2)c1. The molecule has 7 nitrogen and oxygen atoms in total. The molecule has 3 amide bonds. The first-order valence-electron chi connectivity index (χ1n) is 10.2. The maximum atomic E-state index is 12.3. The number of hydrogen-bond acceptors (Lipinski definition) is 4. The quantitative estimate of drug-likeness (QED) is 0.591. The summed E-state index contributed by atoms with van der Waals surface area (Å²) in [5.41, 5.74) is 6.93. The fourth-order valence-electron chi connectivity index (χ4n) is 3.46. The molecule has 2 aromatic carbocycles. The van der Waals surface area contributed by atoms with Crippen LogP contribution in [0.3, 0.4) is 0 Å². The van der Waals surface area contributed by atoms with Crippen LogP contribution < -0.4 is 21.1 Å². The van der Waals surface area contributed by atoms with Gasteiger partial charge in [-0.05, 0) is 68.0 Å². The Morgan fingerprint density at radius 3 is 2.57 bits per heavy atom. The third kappa shape index (κ3) is 6.62. The zero-order chi connectivity index (χ0) is 21.3. The summed E-state index contributed by atoms with van der Waals surface area (Å²) in [5.74, 6) is -0.337. The van der Waals surface area contributed by atoms with Crippen molar-refractivity contribution in [3.8, 4) is 5.75 Å². The van der Waals surface area contributed by atoms with Gasteiger partial charge in [0.05, 0.1) is 12.6 Å². The summed E-state index contributed by atoms with van der Waals surface area (Å²) in [7, 11) is 0. The van der Waals surface area contributed by atoms with E-state index >= 15 is 0 Å². The molecule has 158 valence electrons. The summed E-state index contributed by atoms with van der Waals surface area (Å²) < 4.78 is 6.02. The fraction of sp³-hybridized carbons (Fsp3) is 0.348. The molecular weight excluding hydrogens is 382 g/mol. The molecule has 0 radical (unpaired) electrons. The van der Waals surface area contributed by atoms with Gasteiger partial charge >= 0.3 is 0 Å². The number of benzene rings is 2. The molecule has 0 unspecified atom stereocenters. The minimum Gasteiger partial charge on any atom is -0.490 e. The van der Waals surface area contributed by atoms with Crippen molar-refractivity contribution in [3.05, 3.63) is 59.7 Å². The van der Waals surface area contributed by atoms with Gasteiger partial charge in [-0.2, -0.15) is 0 Å². The second-order valence-corrected chi connectivity index (χ2v) is 7.45. The summed E-state index contributed by atoms with van der Waals surface area (Å²) >= 11 is 0. The Bertz CT molecular complexity index is 907. The van der Waals surface area contributed by atoms with Crippen LogP contribution in [0.1, 0.15) is 48.0 Å². The Morgan fingerprint density at radius 2 is 1.80 bits per heavy atom. The number of aryl methyl sites for hydroxylation is 1. The van der Waals surface area contributed by atoms with Crippen molar-refractivity contribution < 1.29 is 19.1 Å². The molecule has 0 saturated heterocycles. The first-order chi connectivity index (χ1) is 14.5. The molecule has 3 rings (SSSR count). The highest BCUT2D eigenvalue weighted by molar-refractivity contribution is 5.98. The number of carbonyl (C=O) groups excluding carboxylic acids is 3. The number of anilines is 1. The largest absolute Gasteiger partial charge is 0.490 e. The minimum atomic E-state index is -0.620. The topological polar surface area (TPSA) is 111 Å². The lowest BCUT2D eigenvalue weighted by atomic mass is 10.1. The van der Waals surface area contributed by atoms with Crippen LogP contribution in [0.2, 0.25) is 0 Å². The van der Waals surface area contributed by atoms with E-state index < -0.39 is 11.8 Å². The Labute approximate surface area is 176 Å². The van der Waals surface area contributed by atoms with Crippen LogP contribution in [0.4, 0.5) is 5.69 Å². The normalized spacial score (nSPS) is 13.6. The average molecular weight is 409 g/mol. The van der Waals surface area contributed by atoms with Crippen LogP contribution in [-0.2, 0) is 16.0 Å². The monoisotopic (exact) mass is 409 g/mol. The molecule has 2 aromatic rings. The summed E-state index contributed by atoms with van der Waals surface area (Å²) in [6.45, 7) is -0.237. The number of nitrogens with one attached hydrogen (secondary N) is 2. The number of hydrogen-bond donors (Lipinski definition) is 3. The van der Waals surface area contributed by atoms with E-state index in [0.717, 1.165) is 24.2 Å². The Kier molecular flexibility index (Phi) is 7.43. The van der Waals surface area contributed by atoms with E-state index in [-0.39, 0.29) is 12.5 Å². The van der Waals surface area contributed by atoms with Crippen molar-refractivity contribution in [2.75, 3.05) is 11.9 Å². The molecule has 30 heavy (non-hydrogen) atoms. The van der Waals surface area contributed by atoms with Crippen molar-refractivity contribution in [3.63, 3.8) is 0 Å². The maximum Gasteiger partial charge on any atom is 0.251 e. The van der Waals surface area contributed by atoms with E-state index in [2.05, 4.69) is 10.6 Å². The van der Waals surface area contributed by atoms with Crippen molar-refractivity contribution in [2.45, 2.75) is 44.6 Å². The van der Waals surface area contributed by atoms with Crippen molar-refractivity contribution >= 4 is 23.4 Å². The zero-order valence-corrected chi connectivity index (χ0v) is 16.9. The highest BCUT2D eigenvalue weighted by atomic mass is 16.5. The lowest BCUT2D eigenvalue weighted by molar-refractivity contribution is -0.117. The molecule has 1 aliphatic carbocycles. The van der Waals surface area contributed by atoms with Crippen LogP contribution in [0.25, 0.3) is 0 Å². The van der Waals surface area contributed by atoms with Gasteiger partial charge in [-0.1, -0.05) is 18.2 Å². The average Bonchev–Trinajstić information content (AvgIpc) is 3.24. The second kappa shape index (κ2) is 10.4. The second-order valence-electron chi connectivity index (χ2n) is 7.45. The Balaban J connectivity index is 1.50. The van der Waals surface area contributed by atoms with Crippen molar-refractivity contribution in [1.82, 2.24) is 5.32 Å². The Hall–Kier alpha value is -3.35. The first-order valence-corrected chi connectivity index (χ1v) is 10.2. The van der Waals surface area contributed by atoms with Crippen LogP contribution in [0, 0.1) is 0 Å². The third-order valence-corrected chi connectivity index (χ3v) is 4.98. The van der Waals surface area contributed by atoms with Gasteiger partial charge in [0.2, 0.25) is 11.8 Å². The molecule has 1 saturated carbocycles. The van der Waals surface area contributed by atoms with E-state index in [0.29, 0.717) is 30.2 Å². The number of amides is 3. The molecule has 1 aliphatic rings. The van der Waals surface area contributed by atoms with E-state index in [4.69, 9.17) is 10.5 Å². The molecule has 0 heterocycles. The lowest BCUT2D eigenvalue weighted by Gasteiger charge is -2.14. The van der Waals surface area contributed by atoms with Gasteiger partial charge in [-0.3, -0.25) is 14.4 Å². The number of ether oxygens (including phenoxy) is 1. The van der Waals surface area contributed by atoms with E-state index in [1.54, 1.807) is 24.3 Å². The molecule has 1 fully saturated rings.